The summed E-state index contributed by atoms with van der Waals surface area (Å²) in [6.07, 6.45) is 1.46. The zero-order valence-electron chi connectivity index (χ0n) is 13.2. The highest BCUT2D eigenvalue weighted by molar-refractivity contribution is 5.86. The molecular weight excluding hydrogens is 280 g/mol. The number of benzene rings is 1. The van der Waals surface area contributed by atoms with Crippen molar-refractivity contribution in [2.45, 2.75) is 46.2 Å². The van der Waals surface area contributed by atoms with Gasteiger partial charge in [-0.15, -0.1) is 0 Å². The molecule has 1 heterocycles. The number of rotatable bonds is 6. The molecule has 22 heavy (non-hydrogen) atoms. The fraction of sp³-hybridized carbons (Fsp3) is 0.438. The number of aryl methyl sites for hydroxylation is 1. The van der Waals surface area contributed by atoms with Crippen LogP contribution >= 0.6 is 0 Å². The molecule has 2 rings (SSSR count). The van der Waals surface area contributed by atoms with Gasteiger partial charge in [0, 0.05) is 13.5 Å². The Morgan fingerprint density at radius 2 is 2.14 bits per heavy atom. The minimum atomic E-state index is -0.472. The molecule has 0 saturated heterocycles. The predicted octanol–water partition coefficient (Wildman–Crippen LogP) is 1.79. The first-order valence-electron chi connectivity index (χ1n) is 7.49. The van der Waals surface area contributed by atoms with Gasteiger partial charge in [0.15, 0.2) is 0 Å². The zero-order valence-corrected chi connectivity index (χ0v) is 13.2. The zero-order chi connectivity index (χ0) is 16.1. The lowest BCUT2D eigenvalue weighted by Crippen LogP contribution is -2.45. The second-order valence-electron chi connectivity index (χ2n) is 5.43. The van der Waals surface area contributed by atoms with E-state index in [4.69, 9.17) is 0 Å². The van der Waals surface area contributed by atoms with Crippen molar-refractivity contribution in [1.29, 1.82) is 0 Å². The molecule has 1 atom stereocenters. The van der Waals surface area contributed by atoms with E-state index >= 15 is 0 Å². The first-order valence-corrected chi connectivity index (χ1v) is 7.49. The SMILES string of the molecule is CCCC(NC(C)=O)C(=O)NCc1ccc2nc(C)[nH]c2c1. The van der Waals surface area contributed by atoms with Crippen LogP contribution in [0.25, 0.3) is 11.0 Å². The number of aromatic amines is 1. The molecule has 0 bridgehead atoms. The van der Waals surface area contributed by atoms with Crippen molar-refractivity contribution < 1.29 is 9.59 Å². The second-order valence-corrected chi connectivity index (χ2v) is 5.43. The number of fused-ring (bicyclic) bond motifs is 1. The molecular formula is C16H22N4O2. The molecule has 1 unspecified atom stereocenters. The van der Waals surface area contributed by atoms with Crippen molar-refractivity contribution in [2.75, 3.05) is 0 Å². The summed E-state index contributed by atoms with van der Waals surface area (Å²) in [4.78, 5) is 30.8. The van der Waals surface area contributed by atoms with Crippen LogP contribution in [-0.4, -0.2) is 27.8 Å². The molecule has 0 radical (unpaired) electrons. The van der Waals surface area contributed by atoms with Crippen LogP contribution in [0.4, 0.5) is 0 Å². The molecule has 0 aliphatic rings. The molecule has 1 aromatic heterocycles. The van der Waals surface area contributed by atoms with Crippen molar-refractivity contribution in [3.63, 3.8) is 0 Å². The van der Waals surface area contributed by atoms with Crippen LogP contribution < -0.4 is 10.6 Å². The summed E-state index contributed by atoms with van der Waals surface area (Å²) in [7, 11) is 0. The Hall–Kier alpha value is -2.37. The Bertz CT molecular complexity index is 678. The van der Waals surface area contributed by atoms with Gasteiger partial charge in [0.2, 0.25) is 11.8 Å². The fourth-order valence-electron chi connectivity index (χ4n) is 2.41. The molecule has 0 spiro atoms. The maximum atomic E-state index is 12.2. The Balaban J connectivity index is 1.99. The molecule has 2 amide bonds. The molecule has 3 N–H and O–H groups in total. The highest BCUT2D eigenvalue weighted by Gasteiger charge is 2.17. The van der Waals surface area contributed by atoms with E-state index in [-0.39, 0.29) is 11.8 Å². The number of H-pyrrole nitrogens is 1. The molecule has 0 fully saturated rings. The highest BCUT2D eigenvalue weighted by atomic mass is 16.2. The first-order chi connectivity index (χ1) is 10.5. The Kier molecular flexibility index (Phi) is 5.14. The number of amides is 2. The van der Waals surface area contributed by atoms with E-state index < -0.39 is 6.04 Å². The van der Waals surface area contributed by atoms with E-state index in [1.165, 1.54) is 6.92 Å². The minimum Gasteiger partial charge on any atom is -0.350 e. The summed E-state index contributed by atoms with van der Waals surface area (Å²) in [6, 6.07) is 5.37. The summed E-state index contributed by atoms with van der Waals surface area (Å²) in [6.45, 7) is 5.73. The monoisotopic (exact) mass is 302 g/mol. The molecule has 0 aliphatic carbocycles. The van der Waals surface area contributed by atoms with Crippen molar-refractivity contribution in [3.8, 4) is 0 Å². The summed E-state index contributed by atoms with van der Waals surface area (Å²) in [5.74, 6) is 0.519. The van der Waals surface area contributed by atoms with Crippen molar-refractivity contribution in [1.82, 2.24) is 20.6 Å². The quantitative estimate of drug-likeness (QED) is 0.760. The number of imidazole rings is 1. The van der Waals surface area contributed by atoms with Crippen LogP contribution in [0.15, 0.2) is 18.2 Å². The van der Waals surface area contributed by atoms with Crippen LogP contribution in [0.5, 0.6) is 0 Å². The number of hydrogen-bond acceptors (Lipinski definition) is 3. The topological polar surface area (TPSA) is 86.9 Å². The minimum absolute atomic E-state index is 0.155. The second kappa shape index (κ2) is 7.06. The van der Waals surface area contributed by atoms with Gasteiger partial charge >= 0.3 is 0 Å². The van der Waals surface area contributed by atoms with Crippen LogP contribution in [0.3, 0.4) is 0 Å². The average Bonchev–Trinajstić information content (AvgIpc) is 2.83. The molecule has 0 saturated carbocycles. The van der Waals surface area contributed by atoms with Gasteiger partial charge in [-0.2, -0.15) is 0 Å². The smallest absolute Gasteiger partial charge is 0.242 e. The Morgan fingerprint density at radius 3 is 2.82 bits per heavy atom. The molecule has 1 aromatic carbocycles. The third kappa shape index (κ3) is 4.07. The normalized spacial score (nSPS) is 12.1. The van der Waals surface area contributed by atoms with Gasteiger partial charge in [0.1, 0.15) is 11.9 Å². The van der Waals surface area contributed by atoms with E-state index in [0.29, 0.717) is 13.0 Å². The number of nitrogens with one attached hydrogen (secondary N) is 3. The molecule has 2 aromatic rings. The van der Waals surface area contributed by atoms with E-state index in [0.717, 1.165) is 28.8 Å². The van der Waals surface area contributed by atoms with Crippen LogP contribution in [0.1, 0.15) is 38.1 Å². The molecule has 0 aliphatic heterocycles. The lowest BCUT2D eigenvalue weighted by molar-refractivity contribution is -0.128. The summed E-state index contributed by atoms with van der Waals surface area (Å²) in [5, 5.41) is 5.56. The van der Waals surface area contributed by atoms with Crippen molar-refractivity contribution in [3.05, 3.63) is 29.6 Å². The molecule has 118 valence electrons. The Labute approximate surface area is 129 Å². The number of aromatic nitrogens is 2. The highest BCUT2D eigenvalue weighted by Crippen LogP contribution is 2.13. The van der Waals surface area contributed by atoms with Crippen molar-refractivity contribution >= 4 is 22.8 Å². The third-order valence-electron chi connectivity index (χ3n) is 3.40. The molecule has 6 nitrogen and oxygen atoms in total. The van der Waals surface area contributed by atoms with Crippen LogP contribution in [0.2, 0.25) is 0 Å². The maximum absolute atomic E-state index is 12.2. The summed E-state index contributed by atoms with van der Waals surface area (Å²) in [5.41, 5.74) is 2.86. The van der Waals surface area contributed by atoms with Gasteiger partial charge in [-0.05, 0) is 31.0 Å². The van der Waals surface area contributed by atoms with E-state index in [1.54, 1.807) is 0 Å². The Morgan fingerprint density at radius 1 is 1.36 bits per heavy atom. The number of nitrogens with zero attached hydrogens (tertiary/aromatic N) is 1. The maximum Gasteiger partial charge on any atom is 0.242 e. The van der Waals surface area contributed by atoms with Crippen LogP contribution in [-0.2, 0) is 16.1 Å². The lowest BCUT2D eigenvalue weighted by Gasteiger charge is -2.16. The molecule has 6 heteroatoms. The summed E-state index contributed by atoms with van der Waals surface area (Å²) >= 11 is 0. The summed E-state index contributed by atoms with van der Waals surface area (Å²) < 4.78 is 0. The van der Waals surface area contributed by atoms with E-state index in [2.05, 4.69) is 20.6 Å². The predicted molar refractivity (Wildman–Crippen MR) is 85.2 cm³/mol. The van der Waals surface area contributed by atoms with Gasteiger partial charge in [-0.25, -0.2) is 4.98 Å². The van der Waals surface area contributed by atoms with Gasteiger partial charge in [0.05, 0.1) is 11.0 Å². The van der Waals surface area contributed by atoms with Crippen molar-refractivity contribution in [2.24, 2.45) is 0 Å². The first kappa shape index (κ1) is 16.0. The largest absolute Gasteiger partial charge is 0.350 e. The standard InChI is InChI=1S/C16H22N4O2/c1-4-5-14(20-11(3)21)16(22)17-9-12-6-7-13-15(8-12)19-10(2)18-13/h6-8,14H,4-5,9H2,1-3H3,(H,17,22)(H,18,19)(H,20,21). The van der Waals surface area contributed by atoms with Gasteiger partial charge in [0.25, 0.3) is 0 Å². The average molecular weight is 302 g/mol. The van der Waals surface area contributed by atoms with Gasteiger partial charge in [-0.1, -0.05) is 19.4 Å². The fourth-order valence-corrected chi connectivity index (χ4v) is 2.41. The number of carbonyl (C=O) groups is 2. The number of carbonyl (C=O) groups excluding carboxylic acids is 2. The van der Waals surface area contributed by atoms with E-state index in [9.17, 15) is 9.59 Å². The van der Waals surface area contributed by atoms with Gasteiger partial charge in [-0.3, -0.25) is 9.59 Å². The number of hydrogen-bond donors (Lipinski definition) is 3. The lowest BCUT2D eigenvalue weighted by atomic mass is 10.1. The van der Waals surface area contributed by atoms with Gasteiger partial charge < -0.3 is 15.6 Å². The third-order valence-corrected chi connectivity index (χ3v) is 3.40. The van der Waals surface area contributed by atoms with E-state index in [1.807, 2.05) is 32.0 Å². The van der Waals surface area contributed by atoms with Crippen LogP contribution in [0, 0.1) is 6.92 Å².